The van der Waals surface area contributed by atoms with Gasteiger partial charge in [0.05, 0.1) is 22.9 Å². The number of H-pyrrole nitrogens is 1. The number of hydrogen-bond acceptors (Lipinski definition) is 5. The zero-order valence-electron chi connectivity index (χ0n) is 15.7. The number of hydrogen-bond donors (Lipinski definition) is 3. The topological polar surface area (TPSA) is 94.7 Å². The van der Waals surface area contributed by atoms with Gasteiger partial charge < -0.3 is 5.73 Å². The van der Waals surface area contributed by atoms with Crippen molar-refractivity contribution in [3.63, 3.8) is 0 Å². The fraction of sp³-hybridized carbons (Fsp3) is 0.350. The number of piperidine rings is 1. The van der Waals surface area contributed by atoms with Gasteiger partial charge in [0.2, 0.25) is 0 Å². The van der Waals surface area contributed by atoms with Crippen LogP contribution in [0.4, 0.5) is 13.2 Å². The molecule has 1 saturated heterocycles. The van der Waals surface area contributed by atoms with Crippen LogP contribution in [0.5, 0.6) is 0 Å². The van der Waals surface area contributed by atoms with E-state index in [0.717, 1.165) is 54.0 Å². The molecule has 0 saturated carbocycles. The molecule has 0 amide bonds. The largest absolute Gasteiger partial charge is 0.433 e. The molecule has 4 rings (SSSR count). The van der Waals surface area contributed by atoms with Gasteiger partial charge in [0.25, 0.3) is 0 Å². The maximum absolute atomic E-state index is 13.2. The van der Waals surface area contributed by atoms with E-state index in [0.29, 0.717) is 12.1 Å². The monoisotopic (exact) mass is 402 g/mol. The van der Waals surface area contributed by atoms with E-state index in [9.17, 15) is 13.2 Å². The molecular formula is C20H21F3N6. The van der Waals surface area contributed by atoms with Crippen molar-refractivity contribution in [1.29, 1.82) is 5.41 Å². The van der Waals surface area contributed by atoms with Crippen LogP contribution in [0.25, 0.3) is 27.4 Å². The van der Waals surface area contributed by atoms with Crippen LogP contribution >= 0.6 is 0 Å². The molecule has 0 atom stereocenters. The third-order valence-electron chi connectivity index (χ3n) is 5.31. The number of nitrogens with two attached hydrogens (primary N) is 1. The smallest absolute Gasteiger partial charge is 0.404 e. The second-order valence-corrected chi connectivity index (χ2v) is 7.25. The number of halogens is 3. The van der Waals surface area contributed by atoms with Crippen molar-refractivity contribution in [3.05, 3.63) is 41.9 Å². The molecule has 0 unspecified atom stereocenters. The molecule has 6 nitrogen and oxygen atoms in total. The number of nitrogens with one attached hydrogen (secondary N) is 2. The van der Waals surface area contributed by atoms with E-state index < -0.39 is 17.5 Å². The average Bonchev–Trinajstić information content (AvgIpc) is 3.17. The number of rotatable bonds is 4. The minimum absolute atomic E-state index is 0.0529. The highest BCUT2D eigenvalue weighted by Gasteiger charge is 2.37. The Morgan fingerprint density at radius 2 is 2.00 bits per heavy atom. The van der Waals surface area contributed by atoms with Gasteiger partial charge in [-0.3, -0.25) is 15.4 Å². The molecule has 1 aliphatic heterocycles. The molecular weight excluding hydrogens is 381 g/mol. The summed E-state index contributed by atoms with van der Waals surface area (Å²) in [5, 5.41) is 16.3. The zero-order valence-corrected chi connectivity index (χ0v) is 15.7. The summed E-state index contributed by atoms with van der Waals surface area (Å²) in [6.45, 7) is 2.48. The van der Waals surface area contributed by atoms with E-state index in [-0.39, 0.29) is 5.69 Å². The van der Waals surface area contributed by atoms with E-state index in [1.54, 1.807) is 24.4 Å². The summed E-state index contributed by atoms with van der Waals surface area (Å²) in [4.78, 5) is 6.71. The lowest BCUT2D eigenvalue weighted by molar-refractivity contribution is -0.0578. The SMILES string of the molecule is N=C(/C(=C\N)c1cc(CN2CCCCC2)c2c(ccc3[nH]ncc32)n1)C(F)(F)F. The van der Waals surface area contributed by atoms with Crippen molar-refractivity contribution in [2.45, 2.75) is 32.0 Å². The van der Waals surface area contributed by atoms with E-state index in [2.05, 4.69) is 20.1 Å². The number of alkyl halides is 3. The van der Waals surface area contributed by atoms with Crippen molar-refractivity contribution in [1.82, 2.24) is 20.1 Å². The van der Waals surface area contributed by atoms with Gasteiger partial charge in [-0.15, -0.1) is 0 Å². The molecule has 0 bridgehead atoms. The van der Waals surface area contributed by atoms with Crippen LogP contribution in [0, 0.1) is 5.41 Å². The Bertz CT molecular complexity index is 1090. The summed E-state index contributed by atoms with van der Waals surface area (Å²) >= 11 is 0. The lowest BCUT2D eigenvalue weighted by atomic mass is 9.99. The minimum atomic E-state index is -4.80. The first-order valence-electron chi connectivity index (χ1n) is 9.45. The summed E-state index contributed by atoms with van der Waals surface area (Å²) < 4.78 is 39.5. The van der Waals surface area contributed by atoms with Gasteiger partial charge in [-0.1, -0.05) is 6.42 Å². The van der Waals surface area contributed by atoms with E-state index in [4.69, 9.17) is 11.1 Å². The van der Waals surface area contributed by atoms with Gasteiger partial charge in [0.15, 0.2) is 0 Å². The van der Waals surface area contributed by atoms with Gasteiger partial charge in [-0.25, -0.2) is 4.98 Å². The van der Waals surface area contributed by atoms with Gasteiger partial charge in [-0.2, -0.15) is 18.3 Å². The Kier molecular flexibility index (Phi) is 4.99. The second kappa shape index (κ2) is 7.47. The van der Waals surface area contributed by atoms with Crippen molar-refractivity contribution in [2.75, 3.05) is 13.1 Å². The van der Waals surface area contributed by atoms with E-state index >= 15 is 0 Å². The predicted octanol–water partition coefficient (Wildman–Crippen LogP) is 3.98. The van der Waals surface area contributed by atoms with Crippen molar-refractivity contribution >= 4 is 33.1 Å². The highest BCUT2D eigenvalue weighted by Crippen LogP contribution is 2.32. The van der Waals surface area contributed by atoms with Crippen LogP contribution in [0.2, 0.25) is 0 Å². The van der Waals surface area contributed by atoms with Crippen LogP contribution in [0.3, 0.4) is 0 Å². The lowest BCUT2D eigenvalue weighted by Crippen LogP contribution is -2.29. The molecule has 1 aliphatic rings. The minimum Gasteiger partial charge on any atom is -0.404 e. The van der Waals surface area contributed by atoms with Crippen molar-refractivity contribution in [2.24, 2.45) is 5.73 Å². The molecule has 3 aromatic rings. The summed E-state index contributed by atoms with van der Waals surface area (Å²) in [6, 6.07) is 5.18. The van der Waals surface area contributed by atoms with Crippen LogP contribution in [-0.2, 0) is 6.54 Å². The molecule has 9 heteroatoms. The summed E-state index contributed by atoms with van der Waals surface area (Å²) in [7, 11) is 0. The summed E-state index contributed by atoms with van der Waals surface area (Å²) in [6.07, 6.45) is 1.10. The number of aromatic nitrogens is 3. The lowest BCUT2D eigenvalue weighted by Gasteiger charge is -2.27. The molecule has 1 fully saturated rings. The Labute approximate surface area is 165 Å². The fourth-order valence-electron chi connectivity index (χ4n) is 3.91. The first-order chi connectivity index (χ1) is 13.9. The average molecular weight is 402 g/mol. The first-order valence-corrected chi connectivity index (χ1v) is 9.45. The van der Waals surface area contributed by atoms with Gasteiger partial charge >= 0.3 is 6.18 Å². The molecule has 0 aliphatic carbocycles. The molecule has 4 N–H and O–H groups in total. The Morgan fingerprint density at radius 3 is 2.69 bits per heavy atom. The Balaban J connectivity index is 1.88. The highest BCUT2D eigenvalue weighted by molar-refractivity contribution is 6.24. The molecule has 29 heavy (non-hydrogen) atoms. The summed E-state index contributed by atoms with van der Waals surface area (Å²) in [5.41, 5.74) is 5.86. The number of allylic oxidation sites excluding steroid dienone is 1. The third kappa shape index (κ3) is 3.69. The Morgan fingerprint density at radius 1 is 1.24 bits per heavy atom. The first kappa shape index (κ1) is 19.4. The van der Waals surface area contributed by atoms with E-state index in [1.165, 1.54) is 6.42 Å². The number of benzene rings is 1. The van der Waals surface area contributed by atoms with Crippen LogP contribution in [-0.4, -0.2) is 45.1 Å². The quantitative estimate of drug-likeness (QED) is 0.576. The van der Waals surface area contributed by atoms with Gasteiger partial charge in [-0.05, 0) is 49.7 Å². The van der Waals surface area contributed by atoms with Crippen LogP contribution in [0.1, 0.15) is 30.5 Å². The number of aromatic amines is 1. The van der Waals surface area contributed by atoms with E-state index in [1.807, 2.05) is 0 Å². The maximum Gasteiger partial charge on any atom is 0.433 e. The molecule has 0 radical (unpaired) electrons. The number of nitrogens with zero attached hydrogens (tertiary/aromatic N) is 3. The third-order valence-corrected chi connectivity index (χ3v) is 5.31. The van der Waals surface area contributed by atoms with Crippen molar-refractivity contribution < 1.29 is 13.2 Å². The normalized spacial score (nSPS) is 16.6. The number of pyridine rings is 1. The highest BCUT2D eigenvalue weighted by atomic mass is 19.4. The maximum atomic E-state index is 13.2. The molecule has 152 valence electrons. The standard InChI is InChI=1S/C20H21F3N6/c21-20(22,23)19(25)13(9-24)17-8-12(11-29-6-2-1-3-7-29)18-14-10-26-28-15(14)4-5-16(18)27-17/h4-5,8-10,25H,1-3,6-7,11,24H2,(H,26,28)/b13-9-,25-19?. The second-order valence-electron chi connectivity index (χ2n) is 7.25. The Hall–Kier alpha value is -2.94. The fourth-order valence-corrected chi connectivity index (χ4v) is 3.91. The molecule has 2 aromatic heterocycles. The van der Waals surface area contributed by atoms with Crippen LogP contribution in [0.15, 0.2) is 30.6 Å². The molecule has 3 heterocycles. The van der Waals surface area contributed by atoms with Gasteiger partial charge in [0, 0.05) is 29.1 Å². The number of likely N-dealkylation sites (tertiary alicyclic amines) is 1. The molecule has 1 aromatic carbocycles. The molecule has 0 spiro atoms. The number of fused-ring (bicyclic) bond motifs is 3. The van der Waals surface area contributed by atoms with Crippen LogP contribution < -0.4 is 5.73 Å². The predicted molar refractivity (Wildman–Crippen MR) is 106 cm³/mol. The zero-order chi connectivity index (χ0) is 20.6. The summed E-state index contributed by atoms with van der Waals surface area (Å²) in [5.74, 6) is 0. The van der Waals surface area contributed by atoms with Crippen molar-refractivity contribution in [3.8, 4) is 0 Å². The van der Waals surface area contributed by atoms with Gasteiger partial charge in [0.1, 0.15) is 5.71 Å².